The third-order valence-electron chi connectivity index (χ3n) is 5.04. The van der Waals surface area contributed by atoms with Crippen molar-refractivity contribution >= 4 is 23.3 Å². The highest BCUT2D eigenvalue weighted by Gasteiger charge is 2.34. The molecule has 0 bridgehead atoms. The lowest BCUT2D eigenvalue weighted by atomic mass is 9.87. The average Bonchev–Trinajstić information content (AvgIpc) is 3.19. The van der Waals surface area contributed by atoms with Gasteiger partial charge in [0.05, 0.1) is 12.7 Å². The Hall–Kier alpha value is -3.20. The molecule has 0 saturated heterocycles. The fourth-order valence-corrected chi connectivity index (χ4v) is 3.73. The van der Waals surface area contributed by atoms with E-state index in [0.29, 0.717) is 11.6 Å². The van der Waals surface area contributed by atoms with Crippen LogP contribution in [0.5, 0.6) is 11.5 Å². The van der Waals surface area contributed by atoms with Crippen LogP contribution in [0.4, 0.5) is 19.0 Å². The number of H-pyrrole nitrogens is 1. The third-order valence-corrected chi connectivity index (χ3v) is 5.28. The van der Waals surface area contributed by atoms with Crippen molar-refractivity contribution in [2.24, 2.45) is 0 Å². The van der Waals surface area contributed by atoms with E-state index in [9.17, 15) is 18.0 Å². The number of rotatable bonds is 5. The number of benzene rings is 2. The second-order valence-corrected chi connectivity index (χ2v) is 7.43. The van der Waals surface area contributed by atoms with Crippen LogP contribution in [0.1, 0.15) is 34.6 Å². The number of amides is 1. The number of nitrogens with zero attached hydrogens (tertiary/aromatic N) is 1. The summed E-state index contributed by atoms with van der Waals surface area (Å²) in [6.07, 6.45) is -2.60. The first kappa shape index (κ1) is 21.0. The highest BCUT2D eigenvalue weighted by atomic mass is 35.5. The van der Waals surface area contributed by atoms with Gasteiger partial charge < -0.3 is 14.8 Å². The molecular weight excluding hydrogens is 435 g/mol. The van der Waals surface area contributed by atoms with E-state index in [1.807, 2.05) is 0 Å². The first-order valence-corrected chi connectivity index (χ1v) is 9.64. The molecule has 1 aliphatic heterocycles. The Morgan fingerprint density at radius 2 is 2.00 bits per heavy atom. The van der Waals surface area contributed by atoms with Crippen molar-refractivity contribution in [2.45, 2.75) is 25.1 Å². The number of aromatic nitrogens is 2. The topological polar surface area (TPSA) is 76.2 Å². The van der Waals surface area contributed by atoms with Crippen molar-refractivity contribution < 1.29 is 27.4 Å². The van der Waals surface area contributed by atoms with E-state index in [-0.39, 0.29) is 41.2 Å². The van der Waals surface area contributed by atoms with Gasteiger partial charge in [-0.25, -0.2) is 0 Å². The lowest BCUT2D eigenvalue weighted by Gasteiger charge is -2.23. The van der Waals surface area contributed by atoms with Crippen molar-refractivity contribution in [3.05, 3.63) is 69.9 Å². The molecule has 1 aromatic heterocycles. The van der Waals surface area contributed by atoms with E-state index in [4.69, 9.17) is 21.1 Å². The molecule has 10 heteroatoms. The summed E-state index contributed by atoms with van der Waals surface area (Å²) in [5.74, 6) is 0.700. The molecule has 0 radical (unpaired) electrons. The van der Waals surface area contributed by atoms with Crippen LogP contribution in [0, 0.1) is 0 Å². The van der Waals surface area contributed by atoms with E-state index in [1.165, 1.54) is 19.2 Å². The number of nitrogens with one attached hydrogen (secondary N) is 2. The smallest absolute Gasteiger partial charge is 0.416 e. The molecule has 1 unspecified atom stereocenters. The maximum Gasteiger partial charge on any atom is 0.416 e. The van der Waals surface area contributed by atoms with Crippen molar-refractivity contribution in [3.8, 4) is 11.5 Å². The maximum atomic E-state index is 13.3. The molecule has 162 valence electrons. The third kappa shape index (κ3) is 4.32. The summed E-state index contributed by atoms with van der Waals surface area (Å²) < 4.78 is 50.9. The minimum atomic E-state index is -4.55. The molecule has 1 atom stereocenters. The monoisotopic (exact) mass is 451 g/mol. The van der Waals surface area contributed by atoms with Crippen LogP contribution in [0.15, 0.2) is 42.6 Å². The van der Waals surface area contributed by atoms with Gasteiger partial charge in [0.15, 0.2) is 17.3 Å². The zero-order valence-corrected chi connectivity index (χ0v) is 17.0. The predicted molar refractivity (Wildman–Crippen MR) is 107 cm³/mol. The highest BCUT2D eigenvalue weighted by Crippen LogP contribution is 2.40. The van der Waals surface area contributed by atoms with E-state index >= 15 is 0 Å². The van der Waals surface area contributed by atoms with Crippen LogP contribution in [-0.4, -0.2) is 23.2 Å². The maximum absolute atomic E-state index is 13.3. The van der Waals surface area contributed by atoms with Crippen LogP contribution in [0.2, 0.25) is 5.02 Å². The number of methoxy groups -OCH3 is 1. The van der Waals surface area contributed by atoms with Crippen LogP contribution in [0.3, 0.4) is 0 Å². The Kier molecular flexibility index (Phi) is 5.53. The van der Waals surface area contributed by atoms with Crippen molar-refractivity contribution in [2.75, 3.05) is 12.4 Å². The Morgan fingerprint density at radius 1 is 1.19 bits per heavy atom. The van der Waals surface area contributed by atoms with Crippen molar-refractivity contribution in [1.82, 2.24) is 10.2 Å². The van der Waals surface area contributed by atoms with Gasteiger partial charge in [-0.05, 0) is 29.8 Å². The number of aromatic amines is 1. The number of carbonyl (C=O) groups excluding carboxylic acids is 1. The van der Waals surface area contributed by atoms with Crippen LogP contribution >= 0.6 is 11.6 Å². The quantitative estimate of drug-likeness (QED) is 0.563. The number of hydrogen-bond donors (Lipinski definition) is 2. The lowest BCUT2D eigenvalue weighted by Crippen LogP contribution is -2.23. The molecular formula is C21H17ClF3N3O3. The Morgan fingerprint density at radius 3 is 2.74 bits per heavy atom. The van der Waals surface area contributed by atoms with Gasteiger partial charge in [0.1, 0.15) is 6.61 Å². The molecule has 0 fully saturated rings. The summed E-state index contributed by atoms with van der Waals surface area (Å²) >= 11 is 5.72. The second-order valence-electron chi connectivity index (χ2n) is 6.99. The van der Waals surface area contributed by atoms with Gasteiger partial charge in [-0.15, -0.1) is 0 Å². The first-order valence-electron chi connectivity index (χ1n) is 9.26. The molecule has 2 heterocycles. The normalized spacial score (nSPS) is 15.9. The zero-order valence-electron chi connectivity index (χ0n) is 16.2. The molecule has 3 aromatic rings. The summed E-state index contributed by atoms with van der Waals surface area (Å²) in [5.41, 5.74) is 0.738. The SMILES string of the molecule is COc1cc(C2CC(=O)Nc3n[nH]cc32)ccc1OCc1ccc(Cl)cc1C(F)(F)F. The van der Waals surface area contributed by atoms with E-state index in [2.05, 4.69) is 15.5 Å². The number of hydrogen-bond acceptors (Lipinski definition) is 4. The number of fused-ring (bicyclic) bond motifs is 1. The average molecular weight is 452 g/mol. The molecule has 0 aliphatic carbocycles. The van der Waals surface area contributed by atoms with Gasteiger partial charge in [0.2, 0.25) is 5.91 Å². The van der Waals surface area contributed by atoms with E-state index in [0.717, 1.165) is 17.2 Å². The molecule has 1 amide bonds. The molecule has 2 N–H and O–H groups in total. The fourth-order valence-electron chi connectivity index (χ4n) is 3.55. The van der Waals surface area contributed by atoms with Crippen molar-refractivity contribution in [1.29, 1.82) is 0 Å². The van der Waals surface area contributed by atoms with Gasteiger partial charge in [-0.3, -0.25) is 9.89 Å². The second kappa shape index (κ2) is 8.14. The van der Waals surface area contributed by atoms with Gasteiger partial charge in [-0.2, -0.15) is 18.3 Å². The van der Waals surface area contributed by atoms with Gasteiger partial charge >= 0.3 is 6.18 Å². The van der Waals surface area contributed by atoms with Gasteiger partial charge in [0.25, 0.3) is 0 Å². The summed E-state index contributed by atoms with van der Waals surface area (Å²) in [6, 6.07) is 8.62. The molecule has 0 saturated carbocycles. The summed E-state index contributed by atoms with van der Waals surface area (Å²) in [7, 11) is 1.44. The predicted octanol–water partition coefficient (Wildman–Crippen LogP) is 5.14. The molecule has 2 aromatic carbocycles. The molecule has 31 heavy (non-hydrogen) atoms. The number of anilines is 1. The minimum Gasteiger partial charge on any atom is -0.493 e. The molecule has 1 aliphatic rings. The minimum absolute atomic E-state index is 0.00635. The highest BCUT2D eigenvalue weighted by molar-refractivity contribution is 6.30. The van der Waals surface area contributed by atoms with Crippen LogP contribution in [-0.2, 0) is 17.6 Å². The number of alkyl halides is 3. The van der Waals surface area contributed by atoms with Crippen molar-refractivity contribution in [3.63, 3.8) is 0 Å². The Labute approximate surface area is 180 Å². The lowest BCUT2D eigenvalue weighted by molar-refractivity contribution is -0.138. The number of ether oxygens (including phenoxy) is 2. The summed E-state index contributed by atoms with van der Waals surface area (Å²) in [6.45, 7) is -0.320. The molecule has 6 nitrogen and oxygen atoms in total. The van der Waals surface area contributed by atoms with Crippen LogP contribution < -0.4 is 14.8 Å². The number of halogens is 4. The fraction of sp³-hybridized carbons (Fsp3) is 0.238. The standard InChI is InChI=1S/C21H17ClF3N3O3/c1-30-18-6-11(14-8-19(29)27-20-15(14)9-26-28-20)3-5-17(18)31-10-12-2-4-13(22)7-16(12)21(23,24)25/h2-7,9,14H,8,10H2,1H3,(H2,26,27,28,29). The molecule has 0 spiro atoms. The first-order chi connectivity index (χ1) is 14.8. The molecule has 4 rings (SSSR count). The van der Waals surface area contributed by atoms with Gasteiger partial charge in [0, 0.05) is 34.7 Å². The largest absolute Gasteiger partial charge is 0.493 e. The Balaban J connectivity index is 1.59. The summed E-state index contributed by atoms with van der Waals surface area (Å²) in [4.78, 5) is 12.0. The zero-order chi connectivity index (χ0) is 22.2. The van der Waals surface area contributed by atoms with Gasteiger partial charge in [-0.1, -0.05) is 23.7 Å². The van der Waals surface area contributed by atoms with Crippen LogP contribution in [0.25, 0.3) is 0 Å². The van der Waals surface area contributed by atoms with E-state index < -0.39 is 11.7 Å². The number of carbonyl (C=O) groups is 1. The Bertz CT molecular complexity index is 1130. The summed E-state index contributed by atoms with van der Waals surface area (Å²) in [5, 5.41) is 9.46. The van der Waals surface area contributed by atoms with E-state index in [1.54, 1.807) is 24.4 Å².